The van der Waals surface area contributed by atoms with Crippen LogP contribution in [0.4, 0.5) is 0 Å². The molecule has 0 aromatic carbocycles. The lowest BCUT2D eigenvalue weighted by atomic mass is 10.1. The molecule has 0 bridgehead atoms. The molecule has 2 fully saturated rings. The van der Waals surface area contributed by atoms with Crippen LogP contribution in [-0.4, -0.2) is 82.5 Å². The highest BCUT2D eigenvalue weighted by atomic mass is 32.1. The molecule has 8 nitrogen and oxygen atoms in total. The Morgan fingerprint density at radius 2 is 1.76 bits per heavy atom. The smallest absolute Gasteiger partial charge is 0.236 e. The van der Waals surface area contributed by atoms with E-state index in [1.807, 2.05) is 27.3 Å². The van der Waals surface area contributed by atoms with Crippen LogP contribution in [0.3, 0.4) is 0 Å². The molecule has 0 radical (unpaired) electrons. The predicted molar refractivity (Wildman–Crippen MR) is 109 cm³/mol. The molecule has 0 spiro atoms. The van der Waals surface area contributed by atoms with Crippen molar-refractivity contribution < 1.29 is 14.1 Å². The van der Waals surface area contributed by atoms with Gasteiger partial charge in [0.05, 0.1) is 11.4 Å². The van der Waals surface area contributed by atoms with Gasteiger partial charge in [-0.1, -0.05) is 11.2 Å². The van der Waals surface area contributed by atoms with E-state index in [-0.39, 0.29) is 11.8 Å². The number of thiophene rings is 1. The van der Waals surface area contributed by atoms with Crippen LogP contribution in [0.15, 0.2) is 22.0 Å². The molecule has 2 aliphatic heterocycles. The number of hydrogen-bond donors (Lipinski definition) is 0. The van der Waals surface area contributed by atoms with Crippen molar-refractivity contribution >= 4 is 23.2 Å². The lowest BCUT2D eigenvalue weighted by Gasteiger charge is -2.36. The summed E-state index contributed by atoms with van der Waals surface area (Å²) in [6.45, 7) is 5.06. The molecular formula is C20H27N5O3S. The summed E-state index contributed by atoms with van der Waals surface area (Å²) in [5, 5.41) is 5.95. The summed E-state index contributed by atoms with van der Waals surface area (Å²) in [5.74, 6) is 1.40. The molecule has 0 atom stereocenters. The van der Waals surface area contributed by atoms with Gasteiger partial charge < -0.3 is 14.3 Å². The summed E-state index contributed by atoms with van der Waals surface area (Å²) >= 11 is 1.56. The maximum atomic E-state index is 12.5. The number of nitrogens with zero attached hydrogens (tertiary/aromatic N) is 5. The molecule has 9 heteroatoms. The Hall–Kier alpha value is -2.26. The number of carbonyl (C=O) groups is 2. The largest absolute Gasteiger partial charge is 0.342 e. The summed E-state index contributed by atoms with van der Waals surface area (Å²) in [6.07, 6.45) is 4.26. The SMILES string of the molecule is O=C(CCc1nc(-c2cccs2)no1)N1CCN(CC(=O)N2CCCCC2)CC1. The molecule has 0 N–H and O–H groups in total. The van der Waals surface area contributed by atoms with E-state index >= 15 is 0 Å². The normalized spacial score (nSPS) is 18.2. The molecule has 156 valence electrons. The van der Waals surface area contributed by atoms with Crippen LogP contribution >= 0.6 is 11.3 Å². The van der Waals surface area contributed by atoms with Gasteiger partial charge in [0.2, 0.25) is 23.5 Å². The molecule has 2 aromatic heterocycles. The van der Waals surface area contributed by atoms with E-state index < -0.39 is 0 Å². The van der Waals surface area contributed by atoms with E-state index in [0.717, 1.165) is 43.9 Å². The number of piperazine rings is 1. The zero-order valence-electron chi connectivity index (χ0n) is 16.6. The molecule has 4 heterocycles. The number of carbonyl (C=O) groups excluding carboxylic acids is 2. The van der Waals surface area contributed by atoms with Crippen molar-refractivity contribution in [1.29, 1.82) is 0 Å². The van der Waals surface area contributed by atoms with Crippen LogP contribution in [0.2, 0.25) is 0 Å². The van der Waals surface area contributed by atoms with E-state index in [4.69, 9.17) is 4.52 Å². The van der Waals surface area contributed by atoms with Crippen LogP contribution in [0.25, 0.3) is 10.7 Å². The maximum Gasteiger partial charge on any atom is 0.236 e. The Morgan fingerprint density at radius 1 is 1.00 bits per heavy atom. The third kappa shape index (κ3) is 5.22. The van der Waals surface area contributed by atoms with Crippen molar-refractivity contribution in [3.8, 4) is 10.7 Å². The van der Waals surface area contributed by atoms with E-state index in [1.54, 1.807) is 11.3 Å². The van der Waals surface area contributed by atoms with Gasteiger partial charge >= 0.3 is 0 Å². The molecule has 2 saturated heterocycles. The Balaban J connectivity index is 1.18. The molecule has 2 aromatic rings. The fourth-order valence-electron chi connectivity index (χ4n) is 3.82. The molecular weight excluding hydrogens is 390 g/mol. The van der Waals surface area contributed by atoms with Crippen molar-refractivity contribution in [1.82, 2.24) is 24.8 Å². The van der Waals surface area contributed by atoms with Crippen molar-refractivity contribution in [3.63, 3.8) is 0 Å². The number of aromatic nitrogens is 2. The van der Waals surface area contributed by atoms with Gasteiger partial charge in [-0.15, -0.1) is 11.3 Å². The summed E-state index contributed by atoms with van der Waals surface area (Å²) in [6, 6.07) is 3.89. The minimum atomic E-state index is 0.0999. The third-order valence-corrected chi connectivity index (χ3v) is 6.42. The molecule has 2 amide bonds. The van der Waals surface area contributed by atoms with Crippen molar-refractivity contribution in [2.24, 2.45) is 0 Å². The molecule has 0 saturated carbocycles. The minimum Gasteiger partial charge on any atom is -0.342 e. The Bertz CT molecular complexity index is 808. The molecule has 0 aliphatic carbocycles. The fourth-order valence-corrected chi connectivity index (χ4v) is 4.47. The highest BCUT2D eigenvalue weighted by Crippen LogP contribution is 2.21. The number of likely N-dealkylation sites (tertiary alicyclic amines) is 1. The predicted octanol–water partition coefficient (Wildman–Crippen LogP) is 1.89. The molecule has 4 rings (SSSR count). The maximum absolute atomic E-state index is 12.5. The van der Waals surface area contributed by atoms with Crippen molar-refractivity contribution in [2.75, 3.05) is 45.8 Å². The van der Waals surface area contributed by atoms with Gasteiger partial charge in [-0.05, 0) is 30.7 Å². The summed E-state index contributed by atoms with van der Waals surface area (Å²) < 4.78 is 5.27. The van der Waals surface area contributed by atoms with Crippen LogP contribution in [-0.2, 0) is 16.0 Å². The summed E-state index contributed by atoms with van der Waals surface area (Å²) in [5.41, 5.74) is 0. The van der Waals surface area contributed by atoms with Gasteiger partial charge in [0.25, 0.3) is 0 Å². The second-order valence-electron chi connectivity index (χ2n) is 7.59. The average Bonchev–Trinajstić information content (AvgIpc) is 3.45. The van der Waals surface area contributed by atoms with Gasteiger partial charge in [0.15, 0.2) is 0 Å². The van der Waals surface area contributed by atoms with Crippen LogP contribution in [0.5, 0.6) is 0 Å². The third-order valence-electron chi connectivity index (χ3n) is 5.56. The topological polar surface area (TPSA) is 82.8 Å². The van der Waals surface area contributed by atoms with Gasteiger partial charge in [-0.2, -0.15) is 4.98 Å². The first-order valence-electron chi connectivity index (χ1n) is 10.3. The van der Waals surface area contributed by atoms with Gasteiger partial charge in [0.1, 0.15) is 0 Å². The van der Waals surface area contributed by atoms with Crippen molar-refractivity contribution in [2.45, 2.75) is 32.1 Å². The second-order valence-corrected chi connectivity index (χ2v) is 8.54. The first-order chi connectivity index (χ1) is 14.2. The van der Waals surface area contributed by atoms with Gasteiger partial charge in [0, 0.05) is 52.1 Å². The Labute approximate surface area is 174 Å². The van der Waals surface area contributed by atoms with E-state index in [1.165, 1.54) is 6.42 Å². The second kappa shape index (κ2) is 9.49. The standard InChI is InChI=1S/C20H27N5O3S/c26-18(7-6-17-21-20(22-28-17)16-5-4-14-29-16)25-12-10-23(11-13-25)15-19(27)24-8-2-1-3-9-24/h4-5,14H,1-3,6-13,15H2. The van der Waals surface area contributed by atoms with Crippen LogP contribution < -0.4 is 0 Å². The number of rotatable bonds is 6. The van der Waals surface area contributed by atoms with Crippen molar-refractivity contribution in [3.05, 3.63) is 23.4 Å². The average molecular weight is 418 g/mol. The number of aryl methyl sites for hydroxylation is 1. The highest BCUT2D eigenvalue weighted by molar-refractivity contribution is 7.13. The van der Waals surface area contributed by atoms with E-state index in [0.29, 0.717) is 44.2 Å². The number of amides is 2. The molecule has 29 heavy (non-hydrogen) atoms. The quantitative estimate of drug-likeness (QED) is 0.714. The Morgan fingerprint density at radius 3 is 2.48 bits per heavy atom. The first kappa shape index (κ1) is 20.0. The van der Waals surface area contributed by atoms with Crippen LogP contribution in [0.1, 0.15) is 31.6 Å². The fraction of sp³-hybridized carbons (Fsp3) is 0.600. The van der Waals surface area contributed by atoms with E-state index in [9.17, 15) is 9.59 Å². The number of hydrogen-bond acceptors (Lipinski definition) is 7. The van der Waals surface area contributed by atoms with Crippen LogP contribution in [0, 0.1) is 0 Å². The molecule has 0 unspecified atom stereocenters. The Kier molecular flexibility index (Phi) is 6.56. The highest BCUT2D eigenvalue weighted by Gasteiger charge is 2.25. The minimum absolute atomic E-state index is 0.0999. The lowest BCUT2D eigenvalue weighted by Crippen LogP contribution is -2.52. The summed E-state index contributed by atoms with van der Waals surface area (Å²) in [4.78, 5) is 36.3. The monoisotopic (exact) mass is 417 g/mol. The zero-order chi connectivity index (χ0) is 20.1. The number of piperidine rings is 1. The molecule has 2 aliphatic rings. The van der Waals surface area contributed by atoms with Gasteiger partial charge in [-0.3, -0.25) is 14.5 Å². The summed E-state index contributed by atoms with van der Waals surface area (Å²) in [7, 11) is 0. The lowest BCUT2D eigenvalue weighted by molar-refractivity contribution is -0.135. The van der Waals surface area contributed by atoms with E-state index in [2.05, 4.69) is 15.0 Å². The first-order valence-corrected chi connectivity index (χ1v) is 11.2. The van der Waals surface area contributed by atoms with Gasteiger partial charge in [-0.25, -0.2) is 0 Å². The zero-order valence-corrected chi connectivity index (χ0v) is 17.4.